The molecule has 2 aromatic carbocycles. The summed E-state index contributed by atoms with van der Waals surface area (Å²) in [6.07, 6.45) is 0.657. The van der Waals surface area contributed by atoms with Crippen LogP contribution in [0, 0.1) is 0 Å². The van der Waals surface area contributed by atoms with Gasteiger partial charge in [0.05, 0.1) is 15.6 Å². The number of anilines is 1. The second-order valence-electron chi connectivity index (χ2n) is 6.18. The van der Waals surface area contributed by atoms with Crippen LogP contribution in [0.2, 0.25) is 9.36 Å². The summed E-state index contributed by atoms with van der Waals surface area (Å²) in [5, 5.41) is 3.17. The Morgan fingerprint density at radius 1 is 1.07 bits per heavy atom. The van der Waals surface area contributed by atoms with Gasteiger partial charge in [-0.05, 0) is 42.3 Å². The number of nitrogens with one attached hydrogen (secondary N) is 1. The van der Waals surface area contributed by atoms with Crippen molar-refractivity contribution in [2.45, 2.75) is 10.6 Å². The Hall–Kier alpha value is -2.06. The molecule has 0 bridgehead atoms. The number of hydrogen-bond acceptors (Lipinski definition) is 4. The van der Waals surface area contributed by atoms with Crippen LogP contribution < -0.4 is 9.62 Å². The largest absolute Gasteiger partial charge is 0.352 e. The molecule has 0 fully saturated rings. The molecule has 0 saturated heterocycles. The SMILES string of the molecule is CN(c1ccc(Cl)cc1C(=O)NCCc1ccccc1)S(=O)(=O)c1ccc(Cl)s1. The fourth-order valence-electron chi connectivity index (χ4n) is 2.73. The molecule has 9 heteroatoms. The molecule has 0 atom stereocenters. The van der Waals surface area contributed by atoms with Gasteiger partial charge in [-0.1, -0.05) is 53.5 Å². The number of sulfonamides is 1. The average Bonchev–Trinajstić information content (AvgIpc) is 3.15. The van der Waals surface area contributed by atoms with E-state index in [9.17, 15) is 13.2 Å². The Morgan fingerprint density at radius 3 is 2.45 bits per heavy atom. The predicted octanol–water partition coefficient (Wildman–Crippen LogP) is 4.85. The second kappa shape index (κ2) is 9.17. The molecule has 5 nitrogen and oxygen atoms in total. The van der Waals surface area contributed by atoms with E-state index in [1.807, 2.05) is 30.3 Å². The predicted molar refractivity (Wildman–Crippen MR) is 119 cm³/mol. The highest BCUT2D eigenvalue weighted by Gasteiger charge is 2.26. The van der Waals surface area contributed by atoms with Crippen LogP contribution in [0.4, 0.5) is 5.69 Å². The third-order valence-corrected chi connectivity index (χ3v) is 7.95. The van der Waals surface area contributed by atoms with Gasteiger partial charge < -0.3 is 5.32 Å². The lowest BCUT2D eigenvalue weighted by atomic mass is 10.1. The molecule has 1 N–H and O–H groups in total. The minimum absolute atomic E-state index is 0.0929. The molecule has 3 aromatic rings. The highest BCUT2D eigenvalue weighted by Crippen LogP contribution is 2.32. The van der Waals surface area contributed by atoms with Crippen molar-refractivity contribution in [2.75, 3.05) is 17.9 Å². The van der Waals surface area contributed by atoms with Crippen LogP contribution in [0.1, 0.15) is 15.9 Å². The van der Waals surface area contributed by atoms with Gasteiger partial charge in [0.15, 0.2) is 0 Å². The standard InChI is InChI=1S/C20H18Cl2N2O3S2/c1-24(29(26,27)19-10-9-18(22)28-19)17-8-7-15(21)13-16(17)20(25)23-12-11-14-5-3-2-4-6-14/h2-10,13H,11-12H2,1H3,(H,23,25). The summed E-state index contributed by atoms with van der Waals surface area (Å²) in [5.74, 6) is -0.398. The smallest absolute Gasteiger partial charge is 0.273 e. The molecule has 0 aliphatic rings. The van der Waals surface area contributed by atoms with E-state index >= 15 is 0 Å². The average molecular weight is 469 g/mol. The van der Waals surface area contributed by atoms with Gasteiger partial charge in [-0.3, -0.25) is 9.10 Å². The molecule has 1 heterocycles. The maximum absolute atomic E-state index is 12.9. The van der Waals surface area contributed by atoms with Gasteiger partial charge in [0.2, 0.25) is 0 Å². The number of carbonyl (C=O) groups excluding carboxylic acids is 1. The van der Waals surface area contributed by atoms with Crippen molar-refractivity contribution in [3.05, 3.63) is 81.1 Å². The highest BCUT2D eigenvalue weighted by atomic mass is 35.5. The Labute approximate surface area is 183 Å². The van der Waals surface area contributed by atoms with Crippen molar-refractivity contribution in [1.82, 2.24) is 5.32 Å². The fraction of sp³-hybridized carbons (Fsp3) is 0.150. The van der Waals surface area contributed by atoms with Gasteiger partial charge in [0, 0.05) is 18.6 Å². The van der Waals surface area contributed by atoms with E-state index in [0.717, 1.165) is 21.2 Å². The molecule has 0 unspecified atom stereocenters. The quantitative estimate of drug-likeness (QED) is 0.538. The maximum Gasteiger partial charge on any atom is 0.273 e. The summed E-state index contributed by atoms with van der Waals surface area (Å²) < 4.78 is 27.4. The summed E-state index contributed by atoms with van der Waals surface area (Å²) in [6, 6.07) is 17.2. The molecular weight excluding hydrogens is 451 g/mol. The summed E-state index contributed by atoms with van der Waals surface area (Å²) in [6.45, 7) is 0.409. The van der Waals surface area contributed by atoms with Crippen molar-refractivity contribution in [3.8, 4) is 0 Å². The van der Waals surface area contributed by atoms with Crippen molar-refractivity contribution in [1.29, 1.82) is 0 Å². The normalized spacial score (nSPS) is 11.3. The van der Waals surface area contributed by atoms with Gasteiger partial charge in [-0.25, -0.2) is 8.42 Å². The lowest BCUT2D eigenvalue weighted by Crippen LogP contribution is -2.31. The van der Waals surface area contributed by atoms with Gasteiger partial charge in [-0.15, -0.1) is 11.3 Å². The first-order valence-electron chi connectivity index (χ1n) is 8.65. The van der Waals surface area contributed by atoms with Crippen molar-refractivity contribution in [2.24, 2.45) is 0 Å². The zero-order valence-corrected chi connectivity index (χ0v) is 18.6. The first kappa shape index (κ1) is 21.6. The Balaban J connectivity index is 1.82. The van der Waals surface area contributed by atoms with Crippen molar-refractivity contribution >= 4 is 56.2 Å². The Bertz CT molecular complexity index is 1120. The zero-order valence-electron chi connectivity index (χ0n) is 15.4. The third kappa shape index (κ3) is 5.11. The number of amides is 1. The Morgan fingerprint density at radius 2 is 1.79 bits per heavy atom. The summed E-state index contributed by atoms with van der Waals surface area (Å²) in [7, 11) is -2.46. The zero-order chi connectivity index (χ0) is 21.0. The number of rotatable bonds is 7. The van der Waals surface area contributed by atoms with Crippen molar-refractivity contribution in [3.63, 3.8) is 0 Å². The molecule has 3 rings (SSSR count). The number of benzene rings is 2. The molecule has 0 aliphatic carbocycles. The molecule has 152 valence electrons. The topological polar surface area (TPSA) is 66.5 Å². The molecule has 0 radical (unpaired) electrons. The van der Waals surface area contributed by atoms with Crippen LogP contribution >= 0.6 is 34.5 Å². The molecule has 0 saturated carbocycles. The van der Waals surface area contributed by atoms with E-state index in [1.54, 1.807) is 6.07 Å². The lowest BCUT2D eigenvalue weighted by molar-refractivity contribution is 0.0955. The number of carbonyl (C=O) groups is 1. The molecule has 0 aliphatic heterocycles. The van der Waals surface area contributed by atoms with Crippen LogP contribution in [-0.4, -0.2) is 27.9 Å². The van der Waals surface area contributed by atoms with E-state index in [4.69, 9.17) is 23.2 Å². The first-order valence-corrected chi connectivity index (χ1v) is 11.7. The van der Waals surface area contributed by atoms with Gasteiger partial charge in [0.25, 0.3) is 15.9 Å². The van der Waals surface area contributed by atoms with Crippen LogP contribution in [-0.2, 0) is 16.4 Å². The minimum atomic E-state index is -3.86. The molecule has 1 aromatic heterocycles. The minimum Gasteiger partial charge on any atom is -0.352 e. The number of hydrogen-bond donors (Lipinski definition) is 1. The van der Waals surface area contributed by atoms with Crippen LogP contribution in [0.25, 0.3) is 0 Å². The summed E-state index contributed by atoms with van der Waals surface area (Å²) in [5.41, 5.74) is 1.50. The Kier molecular flexibility index (Phi) is 6.85. The number of halogens is 2. The monoisotopic (exact) mass is 468 g/mol. The van der Waals surface area contributed by atoms with Gasteiger partial charge >= 0.3 is 0 Å². The fourth-order valence-corrected chi connectivity index (χ4v) is 5.77. The van der Waals surface area contributed by atoms with Crippen LogP contribution in [0.5, 0.6) is 0 Å². The number of thiophene rings is 1. The molecule has 1 amide bonds. The summed E-state index contributed by atoms with van der Waals surface area (Å²) in [4.78, 5) is 12.8. The van der Waals surface area contributed by atoms with Crippen LogP contribution in [0.3, 0.4) is 0 Å². The van der Waals surface area contributed by atoms with Gasteiger partial charge in [-0.2, -0.15) is 0 Å². The van der Waals surface area contributed by atoms with E-state index < -0.39 is 15.9 Å². The van der Waals surface area contributed by atoms with E-state index in [-0.39, 0.29) is 15.5 Å². The molecular formula is C20H18Cl2N2O3S2. The lowest BCUT2D eigenvalue weighted by Gasteiger charge is -2.21. The van der Waals surface area contributed by atoms with E-state index in [1.165, 1.54) is 31.3 Å². The first-order chi connectivity index (χ1) is 13.8. The van der Waals surface area contributed by atoms with Crippen molar-refractivity contribution < 1.29 is 13.2 Å². The molecule has 29 heavy (non-hydrogen) atoms. The van der Waals surface area contributed by atoms with E-state index in [2.05, 4.69) is 5.32 Å². The van der Waals surface area contributed by atoms with Gasteiger partial charge in [0.1, 0.15) is 4.21 Å². The molecule has 0 spiro atoms. The summed E-state index contributed by atoms with van der Waals surface area (Å²) >= 11 is 12.9. The second-order valence-corrected chi connectivity index (χ2v) is 10.5. The maximum atomic E-state index is 12.9. The van der Waals surface area contributed by atoms with Crippen LogP contribution in [0.15, 0.2) is 64.9 Å². The van der Waals surface area contributed by atoms with E-state index in [0.29, 0.717) is 22.3 Å². The number of nitrogens with zero attached hydrogens (tertiary/aromatic N) is 1. The highest BCUT2D eigenvalue weighted by molar-refractivity contribution is 7.94. The third-order valence-electron chi connectivity index (χ3n) is 4.25.